The Morgan fingerprint density at radius 1 is 1.37 bits per heavy atom. The van der Waals surface area contributed by atoms with Gasteiger partial charge in [-0.25, -0.2) is 0 Å². The van der Waals surface area contributed by atoms with Crippen molar-refractivity contribution in [1.29, 1.82) is 0 Å². The SMILES string of the molecule is CCN1CCC(CNCc2c(C)nn(C)c2Cl)CC1. The quantitative estimate of drug-likeness (QED) is 0.900. The van der Waals surface area contributed by atoms with Crippen molar-refractivity contribution >= 4 is 11.6 Å². The van der Waals surface area contributed by atoms with E-state index in [1.54, 1.807) is 4.68 Å². The van der Waals surface area contributed by atoms with E-state index in [2.05, 4.69) is 22.2 Å². The van der Waals surface area contributed by atoms with Crippen molar-refractivity contribution in [2.75, 3.05) is 26.2 Å². The van der Waals surface area contributed by atoms with E-state index in [1.807, 2.05) is 14.0 Å². The number of nitrogens with one attached hydrogen (secondary N) is 1. The van der Waals surface area contributed by atoms with E-state index < -0.39 is 0 Å². The standard InChI is InChI=1S/C14H25ClN4/c1-4-19-7-5-12(6-8-19)9-16-10-13-11(2)17-18(3)14(13)15/h12,16H,4-10H2,1-3H3. The maximum Gasteiger partial charge on any atom is 0.131 e. The largest absolute Gasteiger partial charge is 0.312 e. The molecule has 1 aliphatic heterocycles. The molecular weight excluding hydrogens is 260 g/mol. The van der Waals surface area contributed by atoms with Gasteiger partial charge in [0.15, 0.2) is 0 Å². The van der Waals surface area contributed by atoms with Crippen LogP contribution in [0.3, 0.4) is 0 Å². The molecule has 0 spiro atoms. The lowest BCUT2D eigenvalue weighted by Gasteiger charge is -2.31. The summed E-state index contributed by atoms with van der Waals surface area (Å²) < 4.78 is 1.74. The fourth-order valence-corrected chi connectivity index (χ4v) is 3.02. The molecule has 108 valence electrons. The lowest BCUT2D eigenvalue weighted by atomic mass is 9.97. The molecule has 0 aromatic carbocycles. The predicted molar refractivity (Wildman–Crippen MR) is 79.5 cm³/mol. The number of aryl methyl sites for hydroxylation is 2. The Balaban J connectivity index is 1.75. The maximum absolute atomic E-state index is 6.23. The van der Waals surface area contributed by atoms with E-state index in [9.17, 15) is 0 Å². The highest BCUT2D eigenvalue weighted by molar-refractivity contribution is 6.30. The van der Waals surface area contributed by atoms with Gasteiger partial charge in [-0.15, -0.1) is 0 Å². The van der Waals surface area contributed by atoms with Gasteiger partial charge in [-0.2, -0.15) is 5.10 Å². The van der Waals surface area contributed by atoms with Crippen LogP contribution < -0.4 is 5.32 Å². The summed E-state index contributed by atoms with van der Waals surface area (Å²) in [4.78, 5) is 2.53. The molecule has 1 aliphatic rings. The zero-order valence-corrected chi connectivity index (χ0v) is 13.0. The number of rotatable bonds is 5. The first-order valence-corrected chi connectivity index (χ1v) is 7.60. The van der Waals surface area contributed by atoms with Crippen LogP contribution in [0.5, 0.6) is 0 Å². The van der Waals surface area contributed by atoms with Crippen molar-refractivity contribution in [3.63, 3.8) is 0 Å². The minimum absolute atomic E-state index is 0.755. The fourth-order valence-electron chi connectivity index (χ4n) is 2.78. The zero-order chi connectivity index (χ0) is 13.8. The van der Waals surface area contributed by atoms with Gasteiger partial charge in [0.05, 0.1) is 5.69 Å². The molecule has 1 fully saturated rings. The second-order valence-electron chi connectivity index (χ2n) is 5.49. The average molecular weight is 285 g/mol. The van der Waals surface area contributed by atoms with E-state index in [-0.39, 0.29) is 0 Å². The van der Waals surface area contributed by atoms with Crippen molar-refractivity contribution in [3.8, 4) is 0 Å². The van der Waals surface area contributed by atoms with Crippen molar-refractivity contribution in [2.24, 2.45) is 13.0 Å². The van der Waals surface area contributed by atoms with Crippen molar-refractivity contribution in [2.45, 2.75) is 33.2 Å². The van der Waals surface area contributed by atoms with Gasteiger partial charge in [0, 0.05) is 19.2 Å². The lowest BCUT2D eigenvalue weighted by Crippen LogP contribution is -2.37. The van der Waals surface area contributed by atoms with Crippen molar-refractivity contribution < 1.29 is 0 Å². The molecule has 0 unspecified atom stereocenters. The van der Waals surface area contributed by atoms with Gasteiger partial charge in [-0.1, -0.05) is 18.5 Å². The molecule has 1 aromatic heterocycles. The van der Waals surface area contributed by atoms with Crippen LogP contribution in [0.15, 0.2) is 0 Å². The highest BCUT2D eigenvalue weighted by Crippen LogP contribution is 2.19. The molecule has 19 heavy (non-hydrogen) atoms. The number of aromatic nitrogens is 2. The van der Waals surface area contributed by atoms with Crippen LogP contribution in [0.1, 0.15) is 31.0 Å². The molecule has 0 atom stereocenters. The van der Waals surface area contributed by atoms with Crippen molar-refractivity contribution in [1.82, 2.24) is 20.0 Å². The monoisotopic (exact) mass is 284 g/mol. The average Bonchev–Trinajstić information content (AvgIpc) is 2.66. The zero-order valence-electron chi connectivity index (χ0n) is 12.2. The number of piperidine rings is 1. The lowest BCUT2D eigenvalue weighted by molar-refractivity contribution is 0.190. The van der Waals surface area contributed by atoms with Crippen LogP contribution in [-0.2, 0) is 13.6 Å². The first-order chi connectivity index (χ1) is 9.11. The Labute approximate surface area is 121 Å². The van der Waals surface area contributed by atoms with Crippen LogP contribution >= 0.6 is 11.6 Å². The van der Waals surface area contributed by atoms with Crippen LogP contribution in [-0.4, -0.2) is 40.9 Å². The molecule has 4 nitrogen and oxygen atoms in total. The summed E-state index contributed by atoms with van der Waals surface area (Å²) in [5.41, 5.74) is 2.16. The smallest absolute Gasteiger partial charge is 0.131 e. The molecule has 0 radical (unpaired) electrons. The number of hydrogen-bond acceptors (Lipinski definition) is 3. The fraction of sp³-hybridized carbons (Fsp3) is 0.786. The highest BCUT2D eigenvalue weighted by atomic mass is 35.5. The summed E-state index contributed by atoms with van der Waals surface area (Å²) in [5.74, 6) is 0.804. The van der Waals surface area contributed by atoms with E-state index in [4.69, 9.17) is 11.6 Å². The minimum Gasteiger partial charge on any atom is -0.312 e. The summed E-state index contributed by atoms with van der Waals surface area (Å²) in [6, 6.07) is 0. The van der Waals surface area contributed by atoms with E-state index in [1.165, 1.54) is 32.5 Å². The summed E-state index contributed by atoms with van der Waals surface area (Å²) >= 11 is 6.23. The van der Waals surface area contributed by atoms with Gasteiger partial charge >= 0.3 is 0 Å². The Hall–Kier alpha value is -0.580. The number of nitrogens with zero attached hydrogens (tertiary/aromatic N) is 3. The third kappa shape index (κ3) is 3.71. The minimum atomic E-state index is 0.755. The summed E-state index contributed by atoms with van der Waals surface area (Å²) in [7, 11) is 1.89. The Morgan fingerprint density at radius 2 is 2.05 bits per heavy atom. The molecule has 1 N–H and O–H groups in total. The molecule has 5 heteroatoms. The van der Waals surface area contributed by atoms with Gasteiger partial charge < -0.3 is 10.2 Å². The molecule has 1 saturated heterocycles. The molecule has 0 bridgehead atoms. The van der Waals surface area contributed by atoms with E-state index in [0.717, 1.165) is 35.4 Å². The summed E-state index contributed by atoms with van der Waals surface area (Å²) in [6.45, 7) is 9.85. The maximum atomic E-state index is 6.23. The number of hydrogen-bond donors (Lipinski definition) is 1. The molecule has 0 amide bonds. The van der Waals surface area contributed by atoms with Crippen LogP contribution in [0, 0.1) is 12.8 Å². The van der Waals surface area contributed by atoms with Gasteiger partial charge in [0.2, 0.25) is 0 Å². The molecule has 2 heterocycles. The van der Waals surface area contributed by atoms with Crippen molar-refractivity contribution in [3.05, 3.63) is 16.4 Å². The first kappa shape index (κ1) is 14.8. The van der Waals surface area contributed by atoms with Crippen LogP contribution in [0.2, 0.25) is 5.15 Å². The predicted octanol–water partition coefficient (Wildman–Crippen LogP) is 2.20. The Bertz CT molecular complexity index is 408. The highest BCUT2D eigenvalue weighted by Gasteiger charge is 2.18. The Kier molecular flexibility index (Phi) is 5.25. The number of halogens is 1. The first-order valence-electron chi connectivity index (χ1n) is 7.22. The third-order valence-electron chi connectivity index (χ3n) is 4.16. The van der Waals surface area contributed by atoms with Crippen LogP contribution in [0.4, 0.5) is 0 Å². The van der Waals surface area contributed by atoms with Gasteiger partial charge in [0.25, 0.3) is 0 Å². The van der Waals surface area contributed by atoms with E-state index in [0.29, 0.717) is 0 Å². The molecule has 0 saturated carbocycles. The topological polar surface area (TPSA) is 33.1 Å². The molecule has 0 aliphatic carbocycles. The third-order valence-corrected chi connectivity index (χ3v) is 4.63. The second kappa shape index (κ2) is 6.73. The molecule has 2 rings (SSSR count). The van der Waals surface area contributed by atoms with Gasteiger partial charge in [-0.3, -0.25) is 4.68 Å². The molecular formula is C14H25ClN4. The van der Waals surface area contributed by atoms with Gasteiger partial charge in [-0.05, 0) is 51.9 Å². The van der Waals surface area contributed by atoms with Gasteiger partial charge in [0.1, 0.15) is 5.15 Å². The summed E-state index contributed by atoms with van der Waals surface area (Å²) in [5, 5.41) is 8.63. The van der Waals surface area contributed by atoms with E-state index >= 15 is 0 Å². The molecule has 1 aromatic rings. The number of likely N-dealkylation sites (tertiary alicyclic amines) is 1. The summed E-state index contributed by atoms with van der Waals surface area (Å²) in [6.07, 6.45) is 2.61. The normalized spacial score (nSPS) is 18.1. The second-order valence-corrected chi connectivity index (χ2v) is 5.84. The van der Waals surface area contributed by atoms with Crippen LogP contribution in [0.25, 0.3) is 0 Å². The Morgan fingerprint density at radius 3 is 2.58 bits per heavy atom.